The molecule has 0 aromatic carbocycles. The Morgan fingerprint density at radius 3 is 1.82 bits per heavy atom. The van der Waals surface area contributed by atoms with Crippen LogP contribution < -0.4 is 0 Å². The molecule has 1 atom stereocenters. The molecule has 1 saturated carbocycles. The van der Waals surface area contributed by atoms with Crippen molar-refractivity contribution < 1.29 is 0 Å². The molecule has 0 amide bonds. The molecule has 1 fully saturated rings. The Kier molecular flexibility index (Phi) is 2.32. The first-order chi connectivity index (χ1) is 4.92. The van der Waals surface area contributed by atoms with Gasteiger partial charge in [-0.15, -0.1) is 0 Å². The van der Waals surface area contributed by atoms with Crippen molar-refractivity contribution in [1.29, 1.82) is 0 Å². The number of rotatable bonds is 2. The smallest absolute Gasteiger partial charge is 0.0349 e. The molecule has 0 aliphatic heterocycles. The minimum atomic E-state index is 0.661. The molecule has 1 rings (SSSR count). The zero-order chi connectivity index (χ0) is 8.65. The molecule has 0 spiro atoms. The largest absolute Gasteiger partial charge is 0.0625 e. The van der Waals surface area contributed by atoms with Crippen molar-refractivity contribution in [1.82, 2.24) is 0 Å². The van der Waals surface area contributed by atoms with E-state index >= 15 is 0 Å². The highest BCUT2D eigenvalue weighted by Gasteiger charge is 2.39. The molecular weight excluding hydrogens is 132 g/mol. The van der Waals surface area contributed by atoms with Gasteiger partial charge in [0.05, 0.1) is 0 Å². The fraction of sp³-hybridized carbons (Fsp3) is 1.00. The number of hydrogen-bond acceptors (Lipinski definition) is 0. The van der Waals surface area contributed by atoms with Crippen molar-refractivity contribution in [3.05, 3.63) is 0 Å². The second-order valence-corrected chi connectivity index (χ2v) is 5.44. The highest BCUT2D eigenvalue weighted by molar-refractivity contribution is 4.89. The Labute approximate surface area is 71.4 Å². The van der Waals surface area contributed by atoms with Crippen LogP contribution >= 0.6 is 0 Å². The Bertz CT molecular complexity index is 125. The maximum atomic E-state index is 2.41. The van der Waals surface area contributed by atoms with Crippen LogP contribution in [0.5, 0.6) is 0 Å². The first-order valence-corrected chi connectivity index (χ1v) is 4.92. The van der Waals surface area contributed by atoms with Gasteiger partial charge in [-0.2, -0.15) is 0 Å². The second kappa shape index (κ2) is 2.80. The van der Waals surface area contributed by atoms with E-state index in [-0.39, 0.29) is 0 Å². The van der Waals surface area contributed by atoms with E-state index in [2.05, 4.69) is 34.6 Å². The summed E-state index contributed by atoms with van der Waals surface area (Å²) in [5, 5.41) is 0. The lowest BCUT2D eigenvalue weighted by atomic mass is 9.59. The summed E-state index contributed by atoms with van der Waals surface area (Å²) in [4.78, 5) is 0. The lowest BCUT2D eigenvalue weighted by molar-refractivity contribution is 0.0385. The molecule has 0 heteroatoms. The van der Waals surface area contributed by atoms with E-state index in [0.717, 1.165) is 17.8 Å². The minimum absolute atomic E-state index is 0.661. The van der Waals surface area contributed by atoms with Crippen LogP contribution in [0.25, 0.3) is 0 Å². The van der Waals surface area contributed by atoms with Crippen molar-refractivity contribution in [2.24, 2.45) is 23.2 Å². The maximum Gasteiger partial charge on any atom is -0.0349 e. The van der Waals surface area contributed by atoms with Gasteiger partial charge >= 0.3 is 0 Å². The third kappa shape index (κ3) is 1.98. The molecule has 1 unspecified atom stereocenters. The molecule has 0 heterocycles. The normalized spacial score (nSPS) is 26.7. The molecule has 0 aromatic rings. The summed E-state index contributed by atoms with van der Waals surface area (Å²) >= 11 is 0. The summed E-state index contributed by atoms with van der Waals surface area (Å²) < 4.78 is 0. The lowest BCUT2D eigenvalue weighted by Crippen LogP contribution is -2.37. The minimum Gasteiger partial charge on any atom is -0.0625 e. The van der Waals surface area contributed by atoms with Gasteiger partial charge in [0.25, 0.3) is 0 Å². The summed E-state index contributed by atoms with van der Waals surface area (Å²) in [6.45, 7) is 11.9. The topological polar surface area (TPSA) is 0 Å². The van der Waals surface area contributed by atoms with Crippen LogP contribution in [-0.4, -0.2) is 0 Å². The van der Waals surface area contributed by atoms with Crippen LogP contribution in [-0.2, 0) is 0 Å². The van der Waals surface area contributed by atoms with E-state index < -0.39 is 0 Å². The third-order valence-corrected chi connectivity index (χ3v) is 3.42. The van der Waals surface area contributed by atoms with Gasteiger partial charge in [0.2, 0.25) is 0 Å². The number of hydrogen-bond donors (Lipinski definition) is 0. The molecule has 0 N–H and O–H groups in total. The predicted molar refractivity (Wildman–Crippen MR) is 50.5 cm³/mol. The first kappa shape index (κ1) is 9.09. The summed E-state index contributed by atoms with van der Waals surface area (Å²) in [6.07, 6.45) is 2.90. The second-order valence-electron chi connectivity index (χ2n) is 5.44. The van der Waals surface area contributed by atoms with E-state index in [1.165, 1.54) is 12.8 Å². The van der Waals surface area contributed by atoms with Gasteiger partial charge in [0, 0.05) is 0 Å². The van der Waals surface area contributed by atoms with Crippen LogP contribution in [0.15, 0.2) is 0 Å². The zero-order valence-electron chi connectivity index (χ0n) is 8.65. The summed E-state index contributed by atoms with van der Waals surface area (Å²) in [7, 11) is 0. The predicted octanol–water partition coefficient (Wildman–Crippen LogP) is 3.71. The molecule has 0 radical (unpaired) electrons. The van der Waals surface area contributed by atoms with Crippen molar-refractivity contribution in [3.8, 4) is 0 Å². The summed E-state index contributed by atoms with van der Waals surface area (Å²) in [5.41, 5.74) is 0.661. The monoisotopic (exact) mass is 154 g/mol. The van der Waals surface area contributed by atoms with Gasteiger partial charge in [0.15, 0.2) is 0 Å². The molecule has 0 saturated heterocycles. The SMILES string of the molecule is CC(C)C(C)C1CC(C)(C)C1. The van der Waals surface area contributed by atoms with E-state index in [1.54, 1.807) is 0 Å². The van der Waals surface area contributed by atoms with Gasteiger partial charge < -0.3 is 0 Å². The van der Waals surface area contributed by atoms with Gasteiger partial charge in [0.1, 0.15) is 0 Å². The standard InChI is InChI=1S/C11H22/c1-8(2)9(3)10-6-11(4,5)7-10/h8-10H,6-7H2,1-5H3. The van der Waals surface area contributed by atoms with Crippen LogP contribution in [0, 0.1) is 23.2 Å². The van der Waals surface area contributed by atoms with Crippen molar-refractivity contribution in [3.63, 3.8) is 0 Å². The molecule has 66 valence electrons. The molecule has 1 aliphatic carbocycles. The van der Waals surface area contributed by atoms with Crippen LogP contribution in [0.1, 0.15) is 47.5 Å². The fourth-order valence-electron chi connectivity index (χ4n) is 2.28. The van der Waals surface area contributed by atoms with Gasteiger partial charge in [-0.3, -0.25) is 0 Å². The molecule has 11 heavy (non-hydrogen) atoms. The Balaban J connectivity index is 2.32. The lowest BCUT2D eigenvalue weighted by Gasteiger charge is -2.47. The van der Waals surface area contributed by atoms with E-state index in [0.29, 0.717) is 5.41 Å². The molecule has 1 aliphatic rings. The quantitative estimate of drug-likeness (QED) is 0.568. The molecule has 0 nitrogen and oxygen atoms in total. The van der Waals surface area contributed by atoms with Gasteiger partial charge in [-0.05, 0) is 36.0 Å². The van der Waals surface area contributed by atoms with Crippen LogP contribution in [0.4, 0.5) is 0 Å². The summed E-state index contributed by atoms with van der Waals surface area (Å²) in [5.74, 6) is 2.82. The Morgan fingerprint density at radius 1 is 1.09 bits per heavy atom. The van der Waals surface area contributed by atoms with Crippen LogP contribution in [0.2, 0.25) is 0 Å². The molecule has 0 bridgehead atoms. The van der Waals surface area contributed by atoms with E-state index in [9.17, 15) is 0 Å². The maximum absolute atomic E-state index is 2.41. The van der Waals surface area contributed by atoms with Crippen molar-refractivity contribution in [2.45, 2.75) is 47.5 Å². The molecular formula is C11H22. The van der Waals surface area contributed by atoms with Crippen molar-refractivity contribution in [2.75, 3.05) is 0 Å². The fourth-order valence-corrected chi connectivity index (χ4v) is 2.28. The van der Waals surface area contributed by atoms with E-state index in [1.807, 2.05) is 0 Å². The molecule has 0 aromatic heterocycles. The van der Waals surface area contributed by atoms with E-state index in [4.69, 9.17) is 0 Å². The average molecular weight is 154 g/mol. The van der Waals surface area contributed by atoms with Gasteiger partial charge in [-0.1, -0.05) is 34.6 Å². The highest BCUT2D eigenvalue weighted by atomic mass is 14.4. The first-order valence-electron chi connectivity index (χ1n) is 4.92. The van der Waals surface area contributed by atoms with Crippen LogP contribution in [0.3, 0.4) is 0 Å². The van der Waals surface area contributed by atoms with Crippen molar-refractivity contribution >= 4 is 0 Å². The zero-order valence-corrected chi connectivity index (χ0v) is 8.65. The Hall–Kier alpha value is 0. The third-order valence-electron chi connectivity index (χ3n) is 3.42. The average Bonchev–Trinajstić information content (AvgIpc) is 1.80. The highest BCUT2D eigenvalue weighted by Crippen LogP contribution is 2.49. The summed E-state index contributed by atoms with van der Waals surface area (Å²) in [6, 6.07) is 0. The van der Waals surface area contributed by atoms with Gasteiger partial charge in [-0.25, -0.2) is 0 Å². The Morgan fingerprint density at radius 2 is 1.55 bits per heavy atom.